The van der Waals surface area contributed by atoms with Crippen molar-refractivity contribution in [2.75, 3.05) is 0 Å². The second kappa shape index (κ2) is 3.69. The first kappa shape index (κ1) is 9.90. The zero-order chi connectivity index (χ0) is 11.4. The number of hydrogen-bond acceptors (Lipinski definition) is 4. The fraction of sp³-hybridized carbons (Fsp3) is 0. The van der Waals surface area contributed by atoms with Crippen LogP contribution in [-0.2, 0) is 0 Å². The van der Waals surface area contributed by atoms with E-state index in [0.29, 0.717) is 0 Å². The maximum absolute atomic E-state index is 8.71. The summed E-state index contributed by atoms with van der Waals surface area (Å²) in [6.07, 6.45) is 0. The fourth-order valence-electron chi connectivity index (χ4n) is 1.15. The molecule has 0 aromatic heterocycles. The smallest absolute Gasteiger partial charge is 0.353 e. The highest BCUT2D eigenvalue weighted by Crippen LogP contribution is 2.27. The van der Waals surface area contributed by atoms with Crippen molar-refractivity contribution in [1.29, 1.82) is 21.0 Å². The van der Waals surface area contributed by atoms with E-state index in [1.807, 2.05) is 0 Å². The zero-order valence-electron chi connectivity index (χ0n) is 7.18. The molecule has 0 amide bonds. The number of rotatable bonds is 0. The van der Waals surface area contributed by atoms with Crippen LogP contribution in [0.15, 0.2) is 22.3 Å². The van der Waals surface area contributed by atoms with Crippen LogP contribution in [0, 0.1) is 45.3 Å². The predicted molar refractivity (Wildman–Crippen MR) is 45.1 cm³/mol. The summed E-state index contributed by atoms with van der Waals surface area (Å²) in [5.41, 5.74) is 7.29. The molecule has 0 heterocycles. The molecule has 0 saturated carbocycles. The largest absolute Gasteiger partial charge is 0.361 e. The Morgan fingerprint density at radius 1 is 0.733 bits per heavy atom. The van der Waals surface area contributed by atoms with Crippen LogP contribution in [0.5, 0.6) is 0 Å². The van der Waals surface area contributed by atoms with Crippen LogP contribution in [0.2, 0.25) is 0 Å². The van der Waals surface area contributed by atoms with Gasteiger partial charge in [-0.1, -0.05) is 0 Å². The molecule has 0 aromatic carbocycles. The van der Waals surface area contributed by atoms with Crippen molar-refractivity contribution in [3.05, 3.63) is 27.8 Å². The molecule has 0 spiro atoms. The van der Waals surface area contributed by atoms with Gasteiger partial charge in [0, 0.05) is 0 Å². The third-order valence-corrected chi connectivity index (χ3v) is 1.77. The highest BCUT2D eigenvalue weighted by Gasteiger charge is 2.37. The Labute approximate surface area is 84.4 Å². The molecule has 0 aliphatic heterocycles. The monoisotopic (exact) mass is 192 g/mol. The van der Waals surface area contributed by atoms with Gasteiger partial charge in [-0.3, -0.25) is 0 Å². The summed E-state index contributed by atoms with van der Waals surface area (Å²) in [6, 6.07) is 6.49. The van der Waals surface area contributed by atoms with Gasteiger partial charge in [-0.15, -0.1) is 0 Å². The van der Waals surface area contributed by atoms with Gasteiger partial charge in [-0.05, 0) is 0 Å². The van der Waals surface area contributed by atoms with Crippen LogP contribution in [-0.4, -0.2) is 10.5 Å². The Balaban J connectivity index is 3.75. The van der Waals surface area contributed by atoms with E-state index in [0.717, 1.165) is 0 Å². The van der Waals surface area contributed by atoms with Gasteiger partial charge >= 0.3 is 5.71 Å². The summed E-state index contributed by atoms with van der Waals surface area (Å²) in [6.45, 7) is 0. The highest BCUT2D eigenvalue weighted by molar-refractivity contribution is 6.20. The SMILES string of the molecule is N#CC1=C(C#N)C(C#N)=C(C#N)C1=[N+]=[N-]. The highest BCUT2D eigenvalue weighted by atomic mass is 14.9. The Bertz CT molecular complexity index is 563. The van der Waals surface area contributed by atoms with Gasteiger partial charge < -0.3 is 5.53 Å². The quantitative estimate of drug-likeness (QED) is 0.404. The third-order valence-electron chi connectivity index (χ3n) is 1.77. The van der Waals surface area contributed by atoms with Gasteiger partial charge in [0.25, 0.3) is 0 Å². The summed E-state index contributed by atoms with van der Waals surface area (Å²) in [5, 5.41) is 34.8. The summed E-state index contributed by atoms with van der Waals surface area (Å²) in [5.74, 6) is 0. The molecule has 66 valence electrons. The predicted octanol–water partition coefficient (Wildman–Crippen LogP) is 0.358. The van der Waals surface area contributed by atoms with E-state index in [1.54, 1.807) is 24.3 Å². The van der Waals surface area contributed by atoms with Crippen molar-refractivity contribution < 1.29 is 4.79 Å². The molecular weight excluding hydrogens is 192 g/mol. The summed E-state index contributed by atoms with van der Waals surface area (Å²) in [7, 11) is 0. The summed E-state index contributed by atoms with van der Waals surface area (Å²) in [4.78, 5) is 2.74. The van der Waals surface area contributed by atoms with Crippen LogP contribution in [0.4, 0.5) is 0 Å². The van der Waals surface area contributed by atoms with Crippen LogP contribution < -0.4 is 0 Å². The minimum atomic E-state index is -0.326. The number of allylic oxidation sites excluding steroid dienone is 4. The van der Waals surface area contributed by atoms with Gasteiger partial charge in [-0.25, -0.2) is 0 Å². The van der Waals surface area contributed by atoms with Crippen molar-refractivity contribution in [3.63, 3.8) is 0 Å². The van der Waals surface area contributed by atoms with Crippen molar-refractivity contribution in [2.45, 2.75) is 0 Å². The number of hydrogen-bond donors (Lipinski definition) is 0. The van der Waals surface area contributed by atoms with Crippen molar-refractivity contribution in [2.24, 2.45) is 0 Å². The third kappa shape index (κ3) is 1.17. The first-order valence-corrected chi connectivity index (χ1v) is 3.57. The fourth-order valence-corrected chi connectivity index (χ4v) is 1.15. The van der Waals surface area contributed by atoms with E-state index in [9.17, 15) is 0 Å². The molecule has 0 radical (unpaired) electrons. The Morgan fingerprint density at radius 3 is 1.27 bits per heavy atom. The molecule has 0 bridgehead atoms. The van der Waals surface area contributed by atoms with E-state index in [2.05, 4.69) is 4.79 Å². The minimum absolute atomic E-state index is 0.232. The molecule has 0 atom stereocenters. The topological polar surface area (TPSA) is 132 Å². The maximum Gasteiger partial charge on any atom is 0.353 e. The first-order chi connectivity index (χ1) is 7.24. The van der Waals surface area contributed by atoms with Crippen LogP contribution in [0.25, 0.3) is 5.53 Å². The summed E-state index contributed by atoms with van der Waals surface area (Å²) < 4.78 is 0. The van der Waals surface area contributed by atoms with Gasteiger partial charge in [0.05, 0.1) is 11.1 Å². The number of nitriles is 4. The molecule has 1 rings (SSSR count). The van der Waals surface area contributed by atoms with Crippen molar-refractivity contribution in [3.8, 4) is 24.3 Å². The van der Waals surface area contributed by atoms with E-state index in [1.165, 1.54) is 0 Å². The van der Waals surface area contributed by atoms with Gasteiger partial charge in [0.1, 0.15) is 24.3 Å². The van der Waals surface area contributed by atoms with Crippen molar-refractivity contribution in [1.82, 2.24) is 0 Å². The van der Waals surface area contributed by atoms with Gasteiger partial charge in [0.2, 0.25) is 0 Å². The molecule has 0 aromatic rings. The van der Waals surface area contributed by atoms with Crippen LogP contribution in [0.3, 0.4) is 0 Å². The molecular formula is C9N6. The molecule has 15 heavy (non-hydrogen) atoms. The van der Waals surface area contributed by atoms with Crippen molar-refractivity contribution >= 4 is 5.71 Å². The molecule has 6 heteroatoms. The minimum Gasteiger partial charge on any atom is -0.361 e. The first-order valence-electron chi connectivity index (χ1n) is 3.57. The summed E-state index contributed by atoms with van der Waals surface area (Å²) >= 11 is 0. The van der Waals surface area contributed by atoms with Crippen LogP contribution in [0.1, 0.15) is 0 Å². The lowest BCUT2D eigenvalue weighted by Crippen LogP contribution is -2.01. The maximum atomic E-state index is 8.71. The Hall–Kier alpha value is -3.18. The lowest BCUT2D eigenvalue weighted by molar-refractivity contribution is -0.00256. The second-order valence-corrected chi connectivity index (χ2v) is 2.40. The lowest BCUT2D eigenvalue weighted by Gasteiger charge is -1.83. The number of nitrogens with zero attached hydrogens (tertiary/aromatic N) is 6. The van der Waals surface area contributed by atoms with Gasteiger partial charge in [0.15, 0.2) is 11.1 Å². The van der Waals surface area contributed by atoms with E-state index >= 15 is 0 Å². The molecule has 0 unspecified atom stereocenters. The molecule has 6 nitrogen and oxygen atoms in total. The van der Waals surface area contributed by atoms with E-state index in [-0.39, 0.29) is 28.0 Å². The lowest BCUT2D eigenvalue weighted by atomic mass is 10.1. The van der Waals surface area contributed by atoms with E-state index < -0.39 is 0 Å². The average molecular weight is 192 g/mol. The Kier molecular flexibility index (Phi) is 2.44. The Morgan fingerprint density at radius 2 is 1.07 bits per heavy atom. The second-order valence-electron chi connectivity index (χ2n) is 2.40. The molecule has 0 fully saturated rings. The standard InChI is InChI=1S/C9N6/c10-1-5-6(2-11)8(4-13)9(15-14)7(5)3-12. The average Bonchev–Trinajstić information content (AvgIpc) is 2.59. The normalized spacial score (nSPS) is 13.7. The van der Waals surface area contributed by atoms with Crippen LogP contribution >= 0.6 is 0 Å². The van der Waals surface area contributed by atoms with Gasteiger partial charge in [-0.2, -0.15) is 25.8 Å². The molecule has 0 saturated heterocycles. The molecule has 0 N–H and O–H groups in total. The van der Waals surface area contributed by atoms with E-state index in [4.69, 9.17) is 26.6 Å². The zero-order valence-corrected chi connectivity index (χ0v) is 7.18. The molecule has 1 aliphatic carbocycles. The molecule has 1 aliphatic rings.